The molecule has 1 spiro atoms. The maximum Gasteiger partial charge on any atom is 0.325 e. The summed E-state index contributed by atoms with van der Waals surface area (Å²) in [6.07, 6.45) is 3.26. The number of hydrogen-bond donors (Lipinski definition) is 1. The molecule has 0 unspecified atom stereocenters. The van der Waals surface area contributed by atoms with Gasteiger partial charge in [-0.2, -0.15) is 0 Å². The van der Waals surface area contributed by atoms with E-state index in [0.717, 1.165) is 30.8 Å². The SMILES string of the molecule is CCN1C[C@H](CN(C)C(=O)CCN2C(=O)NC3(CCCC3)C2=O)Oc2ccccc21. The maximum atomic E-state index is 12.7. The molecule has 0 aromatic heterocycles. The Labute approximate surface area is 177 Å². The van der Waals surface area contributed by atoms with Crippen LogP contribution in [0.15, 0.2) is 24.3 Å². The highest BCUT2D eigenvalue weighted by molar-refractivity contribution is 6.07. The summed E-state index contributed by atoms with van der Waals surface area (Å²) in [6.45, 7) is 4.24. The minimum absolute atomic E-state index is 0.103. The summed E-state index contributed by atoms with van der Waals surface area (Å²) < 4.78 is 6.10. The average Bonchev–Trinajstić information content (AvgIpc) is 3.30. The molecule has 1 atom stereocenters. The summed E-state index contributed by atoms with van der Waals surface area (Å²) in [5.74, 6) is 0.553. The van der Waals surface area contributed by atoms with Gasteiger partial charge in [0.15, 0.2) is 0 Å². The van der Waals surface area contributed by atoms with E-state index in [9.17, 15) is 14.4 Å². The molecular weight excluding hydrogens is 384 g/mol. The van der Waals surface area contributed by atoms with E-state index < -0.39 is 5.54 Å². The van der Waals surface area contributed by atoms with Crippen molar-refractivity contribution in [3.8, 4) is 5.75 Å². The number of likely N-dealkylation sites (N-methyl/N-ethyl adjacent to an activating group) is 2. The number of hydrogen-bond acceptors (Lipinski definition) is 5. The van der Waals surface area contributed by atoms with E-state index in [-0.39, 0.29) is 36.9 Å². The Hall–Kier alpha value is -2.77. The number of anilines is 1. The van der Waals surface area contributed by atoms with Crippen molar-refractivity contribution >= 4 is 23.5 Å². The van der Waals surface area contributed by atoms with Crippen LogP contribution in [0.4, 0.5) is 10.5 Å². The summed E-state index contributed by atoms with van der Waals surface area (Å²) >= 11 is 0. The molecule has 8 heteroatoms. The fourth-order valence-electron chi connectivity index (χ4n) is 4.78. The number of benzene rings is 1. The molecule has 1 aromatic carbocycles. The van der Waals surface area contributed by atoms with Gasteiger partial charge in [0.05, 0.1) is 18.8 Å². The number of carbonyl (C=O) groups is 3. The Kier molecular flexibility index (Phi) is 5.58. The zero-order chi connectivity index (χ0) is 21.3. The molecule has 0 bridgehead atoms. The van der Waals surface area contributed by atoms with Crippen molar-refractivity contribution in [2.75, 3.05) is 38.1 Å². The minimum Gasteiger partial charge on any atom is -0.485 e. The molecule has 1 saturated carbocycles. The van der Waals surface area contributed by atoms with Crippen LogP contribution in [-0.2, 0) is 9.59 Å². The Morgan fingerprint density at radius 3 is 2.73 bits per heavy atom. The lowest BCUT2D eigenvalue weighted by Crippen LogP contribution is -2.47. The number of para-hydroxylation sites is 2. The quantitative estimate of drug-likeness (QED) is 0.720. The first kappa shape index (κ1) is 20.5. The lowest BCUT2D eigenvalue weighted by molar-refractivity contribution is -0.133. The predicted octanol–water partition coefficient (Wildman–Crippen LogP) is 1.99. The van der Waals surface area contributed by atoms with Crippen LogP contribution in [0.25, 0.3) is 0 Å². The van der Waals surface area contributed by atoms with Crippen LogP contribution in [0.1, 0.15) is 39.0 Å². The van der Waals surface area contributed by atoms with Crippen LogP contribution >= 0.6 is 0 Å². The zero-order valence-corrected chi connectivity index (χ0v) is 17.7. The molecule has 1 saturated heterocycles. The normalized spacial score (nSPS) is 22.1. The van der Waals surface area contributed by atoms with Crippen molar-refractivity contribution in [1.82, 2.24) is 15.1 Å². The molecule has 1 N–H and O–H groups in total. The van der Waals surface area contributed by atoms with Crippen LogP contribution in [0.3, 0.4) is 0 Å². The Bertz CT molecular complexity index is 836. The van der Waals surface area contributed by atoms with Gasteiger partial charge in [0.1, 0.15) is 17.4 Å². The van der Waals surface area contributed by atoms with Gasteiger partial charge in [0, 0.05) is 26.6 Å². The van der Waals surface area contributed by atoms with Crippen LogP contribution in [0.5, 0.6) is 5.75 Å². The highest BCUT2D eigenvalue weighted by Gasteiger charge is 2.52. The van der Waals surface area contributed by atoms with E-state index in [1.165, 1.54) is 4.90 Å². The smallest absolute Gasteiger partial charge is 0.325 e. The monoisotopic (exact) mass is 414 g/mol. The van der Waals surface area contributed by atoms with Gasteiger partial charge in [-0.15, -0.1) is 0 Å². The van der Waals surface area contributed by atoms with Crippen LogP contribution in [0.2, 0.25) is 0 Å². The van der Waals surface area contributed by atoms with Crippen LogP contribution in [-0.4, -0.2) is 72.5 Å². The van der Waals surface area contributed by atoms with Crippen molar-refractivity contribution in [1.29, 1.82) is 0 Å². The molecule has 4 rings (SSSR count). The number of nitrogens with one attached hydrogen (secondary N) is 1. The molecule has 30 heavy (non-hydrogen) atoms. The zero-order valence-electron chi connectivity index (χ0n) is 17.7. The number of urea groups is 1. The Morgan fingerprint density at radius 1 is 1.27 bits per heavy atom. The first-order valence-corrected chi connectivity index (χ1v) is 10.8. The Balaban J connectivity index is 1.31. The van der Waals surface area contributed by atoms with E-state index in [1.807, 2.05) is 24.3 Å². The van der Waals surface area contributed by atoms with Gasteiger partial charge in [0.2, 0.25) is 5.91 Å². The number of carbonyl (C=O) groups excluding carboxylic acids is 3. The highest BCUT2D eigenvalue weighted by atomic mass is 16.5. The summed E-state index contributed by atoms with van der Waals surface area (Å²) in [5, 5.41) is 2.86. The third-order valence-electron chi connectivity index (χ3n) is 6.46. The third-order valence-corrected chi connectivity index (χ3v) is 6.46. The van der Waals surface area contributed by atoms with Gasteiger partial charge >= 0.3 is 6.03 Å². The Morgan fingerprint density at radius 2 is 2.00 bits per heavy atom. The first-order valence-electron chi connectivity index (χ1n) is 10.8. The van der Waals surface area contributed by atoms with Gasteiger partial charge in [-0.25, -0.2) is 4.79 Å². The van der Waals surface area contributed by atoms with Gasteiger partial charge in [-0.1, -0.05) is 25.0 Å². The predicted molar refractivity (Wildman–Crippen MR) is 112 cm³/mol. The molecule has 3 aliphatic rings. The van der Waals surface area contributed by atoms with E-state index in [4.69, 9.17) is 4.74 Å². The maximum absolute atomic E-state index is 12.7. The molecule has 8 nitrogen and oxygen atoms in total. The largest absolute Gasteiger partial charge is 0.485 e. The lowest BCUT2D eigenvalue weighted by Gasteiger charge is -2.37. The van der Waals surface area contributed by atoms with Gasteiger partial charge in [-0.3, -0.25) is 14.5 Å². The fraction of sp³-hybridized carbons (Fsp3) is 0.591. The molecule has 162 valence electrons. The average molecular weight is 415 g/mol. The third kappa shape index (κ3) is 3.70. The number of amides is 4. The van der Waals surface area contributed by atoms with E-state index in [0.29, 0.717) is 25.9 Å². The molecule has 0 radical (unpaired) electrons. The van der Waals surface area contributed by atoms with Crippen molar-refractivity contribution in [3.63, 3.8) is 0 Å². The molecule has 2 aliphatic heterocycles. The van der Waals surface area contributed by atoms with E-state index in [2.05, 4.69) is 17.1 Å². The van der Waals surface area contributed by atoms with Gasteiger partial charge in [-0.05, 0) is 31.9 Å². The molecular formula is C22H30N4O4. The second-order valence-corrected chi connectivity index (χ2v) is 8.45. The van der Waals surface area contributed by atoms with Crippen LogP contribution < -0.4 is 15.0 Å². The highest BCUT2D eigenvalue weighted by Crippen LogP contribution is 2.35. The minimum atomic E-state index is -0.723. The summed E-state index contributed by atoms with van der Waals surface area (Å²) in [5.41, 5.74) is 0.350. The van der Waals surface area contributed by atoms with Crippen molar-refractivity contribution in [2.45, 2.75) is 50.7 Å². The standard InChI is InChI=1S/C22H30N4O4/c1-3-25-15-16(30-18-9-5-4-8-17(18)25)14-24(2)19(27)10-13-26-20(28)22(23-21(26)29)11-6-7-12-22/h4-5,8-9,16H,3,6-7,10-15H2,1-2H3,(H,23,29)/t16-/m0/s1. The van der Waals surface area contributed by atoms with E-state index in [1.54, 1.807) is 11.9 Å². The number of fused-ring (bicyclic) bond motifs is 1. The molecule has 2 heterocycles. The van der Waals surface area contributed by atoms with Crippen LogP contribution in [0, 0.1) is 0 Å². The molecule has 1 aromatic rings. The summed E-state index contributed by atoms with van der Waals surface area (Å²) in [7, 11) is 1.74. The molecule has 4 amide bonds. The molecule has 1 aliphatic carbocycles. The second-order valence-electron chi connectivity index (χ2n) is 8.45. The number of rotatable bonds is 6. The molecule has 2 fully saturated rings. The van der Waals surface area contributed by atoms with Crippen molar-refractivity contribution in [3.05, 3.63) is 24.3 Å². The fourth-order valence-corrected chi connectivity index (χ4v) is 4.78. The lowest BCUT2D eigenvalue weighted by atomic mass is 9.98. The number of imide groups is 1. The van der Waals surface area contributed by atoms with Gasteiger partial charge in [0.25, 0.3) is 5.91 Å². The number of ether oxygens (including phenoxy) is 1. The first-order chi connectivity index (χ1) is 14.4. The number of nitrogens with zero attached hydrogens (tertiary/aromatic N) is 3. The topological polar surface area (TPSA) is 82.2 Å². The summed E-state index contributed by atoms with van der Waals surface area (Å²) in [4.78, 5) is 42.8. The van der Waals surface area contributed by atoms with E-state index >= 15 is 0 Å². The van der Waals surface area contributed by atoms with Crippen molar-refractivity contribution in [2.24, 2.45) is 0 Å². The second kappa shape index (κ2) is 8.16. The van der Waals surface area contributed by atoms with Crippen molar-refractivity contribution < 1.29 is 19.1 Å². The summed E-state index contributed by atoms with van der Waals surface area (Å²) in [6, 6.07) is 7.55. The van der Waals surface area contributed by atoms with Gasteiger partial charge < -0.3 is 19.9 Å².